The Balaban J connectivity index is 1.98. The predicted molar refractivity (Wildman–Crippen MR) is 103 cm³/mol. The summed E-state index contributed by atoms with van der Waals surface area (Å²) in [5.41, 5.74) is 7.64. The molecule has 1 heteroatoms. The Morgan fingerprint density at radius 3 is 2.33 bits per heavy atom. The molecule has 3 rings (SSSR count). The minimum Gasteiger partial charge on any atom is -0.256 e. The number of benzene rings is 2. The molecule has 0 saturated carbocycles. The molecule has 1 nitrogen and oxygen atoms in total. The summed E-state index contributed by atoms with van der Waals surface area (Å²) in [7, 11) is 0. The second kappa shape index (κ2) is 6.60. The molecule has 0 amide bonds. The highest BCUT2D eigenvalue weighted by molar-refractivity contribution is 5.72. The summed E-state index contributed by atoms with van der Waals surface area (Å²) < 4.78 is 0. The van der Waals surface area contributed by atoms with Crippen molar-refractivity contribution in [2.45, 2.75) is 34.1 Å². The van der Waals surface area contributed by atoms with Crippen LogP contribution in [0.15, 0.2) is 66.9 Å². The van der Waals surface area contributed by atoms with Gasteiger partial charge in [-0.3, -0.25) is 4.98 Å². The predicted octanol–water partition coefficient (Wildman–Crippen LogP) is 6.31. The molecular formula is C23H25N. The highest BCUT2D eigenvalue weighted by Crippen LogP contribution is 2.28. The molecule has 0 bridgehead atoms. The Labute approximate surface area is 145 Å². The zero-order valence-corrected chi connectivity index (χ0v) is 15.0. The van der Waals surface area contributed by atoms with Crippen LogP contribution in [-0.4, -0.2) is 4.98 Å². The molecule has 0 aliphatic carbocycles. The van der Waals surface area contributed by atoms with Gasteiger partial charge < -0.3 is 0 Å². The van der Waals surface area contributed by atoms with E-state index in [1.54, 1.807) is 0 Å². The van der Waals surface area contributed by atoms with Crippen molar-refractivity contribution in [1.29, 1.82) is 0 Å². The zero-order valence-electron chi connectivity index (χ0n) is 15.0. The Morgan fingerprint density at radius 2 is 1.58 bits per heavy atom. The Morgan fingerprint density at radius 1 is 0.833 bits per heavy atom. The van der Waals surface area contributed by atoms with Gasteiger partial charge in [0.15, 0.2) is 0 Å². The van der Waals surface area contributed by atoms with Crippen LogP contribution in [0.3, 0.4) is 0 Å². The van der Waals surface area contributed by atoms with Crippen molar-refractivity contribution in [2.24, 2.45) is 5.41 Å². The Kier molecular flexibility index (Phi) is 4.53. The summed E-state index contributed by atoms with van der Waals surface area (Å²) in [6.45, 7) is 8.97. The molecule has 1 heterocycles. The minimum atomic E-state index is 0.295. The van der Waals surface area contributed by atoms with Gasteiger partial charge in [0.1, 0.15) is 0 Å². The maximum Gasteiger partial charge on any atom is 0.0710 e. The number of nitrogens with zero attached hydrogens (tertiary/aromatic N) is 1. The molecule has 24 heavy (non-hydrogen) atoms. The fraction of sp³-hybridized carbons (Fsp3) is 0.261. The first-order chi connectivity index (χ1) is 11.4. The molecule has 1 aromatic heterocycles. The number of pyridine rings is 1. The lowest BCUT2D eigenvalue weighted by Crippen LogP contribution is -2.08. The van der Waals surface area contributed by atoms with Crippen molar-refractivity contribution in [3.8, 4) is 22.4 Å². The van der Waals surface area contributed by atoms with Crippen LogP contribution in [0.5, 0.6) is 0 Å². The molecule has 3 aromatic rings. The minimum absolute atomic E-state index is 0.295. The first kappa shape index (κ1) is 16.4. The lowest BCUT2D eigenvalue weighted by molar-refractivity contribution is 0.411. The lowest BCUT2D eigenvalue weighted by atomic mass is 9.87. The first-order valence-corrected chi connectivity index (χ1v) is 8.54. The van der Waals surface area contributed by atoms with Crippen molar-refractivity contribution < 1.29 is 0 Å². The third-order valence-corrected chi connectivity index (χ3v) is 4.18. The van der Waals surface area contributed by atoms with Crippen LogP contribution >= 0.6 is 0 Å². The SMILES string of the molecule is Cc1ccccc1-c1cc(-c2cccc(CC(C)(C)C)c2)ccn1. The van der Waals surface area contributed by atoms with E-state index in [1.165, 1.54) is 27.8 Å². The van der Waals surface area contributed by atoms with E-state index >= 15 is 0 Å². The molecule has 122 valence electrons. The van der Waals surface area contributed by atoms with Crippen LogP contribution in [0.4, 0.5) is 0 Å². The second-order valence-electron chi connectivity index (χ2n) is 7.68. The Bertz CT molecular complexity index is 840. The summed E-state index contributed by atoms with van der Waals surface area (Å²) in [6.07, 6.45) is 2.99. The van der Waals surface area contributed by atoms with E-state index in [0.717, 1.165) is 12.1 Å². The fourth-order valence-electron chi connectivity index (χ4n) is 3.09. The van der Waals surface area contributed by atoms with E-state index in [0.29, 0.717) is 5.41 Å². The average Bonchev–Trinajstić information content (AvgIpc) is 2.54. The molecule has 2 aromatic carbocycles. The van der Waals surface area contributed by atoms with Crippen LogP contribution in [0.25, 0.3) is 22.4 Å². The topological polar surface area (TPSA) is 12.9 Å². The molecule has 0 atom stereocenters. The smallest absolute Gasteiger partial charge is 0.0710 e. The van der Waals surface area contributed by atoms with E-state index in [4.69, 9.17) is 0 Å². The van der Waals surface area contributed by atoms with Gasteiger partial charge in [0.05, 0.1) is 5.69 Å². The van der Waals surface area contributed by atoms with Gasteiger partial charge in [-0.15, -0.1) is 0 Å². The fourth-order valence-corrected chi connectivity index (χ4v) is 3.09. The molecular weight excluding hydrogens is 290 g/mol. The summed E-state index contributed by atoms with van der Waals surface area (Å²) in [4.78, 5) is 4.58. The van der Waals surface area contributed by atoms with E-state index < -0.39 is 0 Å². The van der Waals surface area contributed by atoms with Crippen molar-refractivity contribution >= 4 is 0 Å². The van der Waals surface area contributed by atoms with Crippen LogP contribution < -0.4 is 0 Å². The molecule has 0 saturated heterocycles. The van der Waals surface area contributed by atoms with Crippen molar-refractivity contribution in [3.05, 3.63) is 78.0 Å². The molecule has 0 aliphatic heterocycles. The quantitative estimate of drug-likeness (QED) is 0.551. The van der Waals surface area contributed by atoms with E-state index in [9.17, 15) is 0 Å². The maximum atomic E-state index is 4.58. The summed E-state index contributed by atoms with van der Waals surface area (Å²) in [5, 5.41) is 0. The highest BCUT2D eigenvalue weighted by Gasteiger charge is 2.12. The average molecular weight is 315 g/mol. The van der Waals surface area contributed by atoms with E-state index in [-0.39, 0.29) is 0 Å². The van der Waals surface area contributed by atoms with Gasteiger partial charge in [-0.2, -0.15) is 0 Å². The van der Waals surface area contributed by atoms with Gasteiger partial charge in [0, 0.05) is 11.8 Å². The third kappa shape index (κ3) is 3.91. The number of hydrogen-bond acceptors (Lipinski definition) is 1. The number of hydrogen-bond donors (Lipinski definition) is 0. The molecule has 0 spiro atoms. The van der Waals surface area contributed by atoms with Gasteiger partial charge in [0.25, 0.3) is 0 Å². The molecule has 0 radical (unpaired) electrons. The van der Waals surface area contributed by atoms with Gasteiger partial charge in [-0.25, -0.2) is 0 Å². The molecule has 0 N–H and O–H groups in total. The standard InChI is InChI=1S/C23H25N/c1-17-8-5-6-11-21(17)22-15-20(12-13-24-22)19-10-7-9-18(14-19)16-23(2,3)4/h5-15H,16H2,1-4H3. The normalized spacial score (nSPS) is 11.5. The summed E-state index contributed by atoms with van der Waals surface area (Å²) >= 11 is 0. The first-order valence-electron chi connectivity index (χ1n) is 8.54. The summed E-state index contributed by atoms with van der Waals surface area (Å²) in [5.74, 6) is 0. The number of aromatic nitrogens is 1. The zero-order chi connectivity index (χ0) is 17.2. The van der Waals surface area contributed by atoms with Gasteiger partial charge in [-0.05, 0) is 53.1 Å². The van der Waals surface area contributed by atoms with E-state index in [2.05, 4.69) is 93.3 Å². The number of rotatable bonds is 3. The van der Waals surface area contributed by atoms with Gasteiger partial charge in [0.2, 0.25) is 0 Å². The van der Waals surface area contributed by atoms with Crippen molar-refractivity contribution in [2.75, 3.05) is 0 Å². The van der Waals surface area contributed by atoms with Crippen LogP contribution in [0.2, 0.25) is 0 Å². The van der Waals surface area contributed by atoms with E-state index in [1.807, 2.05) is 6.20 Å². The van der Waals surface area contributed by atoms with Gasteiger partial charge in [-0.1, -0.05) is 69.3 Å². The Hall–Kier alpha value is -2.41. The highest BCUT2D eigenvalue weighted by atomic mass is 14.7. The maximum absolute atomic E-state index is 4.58. The van der Waals surface area contributed by atoms with Crippen molar-refractivity contribution in [1.82, 2.24) is 4.98 Å². The summed E-state index contributed by atoms with van der Waals surface area (Å²) in [6, 6.07) is 21.6. The van der Waals surface area contributed by atoms with Crippen LogP contribution in [-0.2, 0) is 6.42 Å². The lowest BCUT2D eigenvalue weighted by Gasteiger charge is -2.18. The molecule has 0 fully saturated rings. The van der Waals surface area contributed by atoms with Crippen molar-refractivity contribution in [3.63, 3.8) is 0 Å². The largest absolute Gasteiger partial charge is 0.256 e. The molecule has 0 unspecified atom stereocenters. The molecule has 0 aliphatic rings. The van der Waals surface area contributed by atoms with Gasteiger partial charge >= 0.3 is 0 Å². The second-order valence-corrected chi connectivity index (χ2v) is 7.68. The monoisotopic (exact) mass is 315 g/mol. The number of aryl methyl sites for hydroxylation is 1. The van der Waals surface area contributed by atoms with Crippen LogP contribution in [0, 0.1) is 12.3 Å². The van der Waals surface area contributed by atoms with Crippen LogP contribution in [0.1, 0.15) is 31.9 Å². The third-order valence-electron chi connectivity index (χ3n) is 4.18.